The number of quaternary nitrogens is 2. The summed E-state index contributed by atoms with van der Waals surface area (Å²) in [7, 11) is 0. The number of hydrogen-bond acceptors (Lipinski definition) is 3. The average Bonchev–Trinajstić information content (AvgIpc) is 2.89. The quantitative estimate of drug-likeness (QED) is 0.447. The van der Waals surface area contributed by atoms with Crippen molar-refractivity contribution < 1.29 is 24.4 Å². The van der Waals surface area contributed by atoms with E-state index in [2.05, 4.69) is 19.9 Å². The predicted octanol–water partition coefficient (Wildman–Crippen LogP) is -0.924. The lowest BCUT2D eigenvalue weighted by Crippen LogP contribution is -3.28. The number of hydrogen-bond donors (Lipinski definition) is 3. The lowest BCUT2D eigenvalue weighted by molar-refractivity contribution is -1.01. The zero-order valence-electron chi connectivity index (χ0n) is 16.4. The fraction of sp³-hybridized carbons (Fsp3) is 0.857. The molecular weight excluding hydrogens is 328 g/mol. The van der Waals surface area contributed by atoms with Crippen LogP contribution >= 0.6 is 0 Å². The molecule has 1 saturated carbocycles. The summed E-state index contributed by atoms with van der Waals surface area (Å²) in [6.07, 6.45) is 7.44. The number of rotatable bonds is 4. The number of fused-ring (bicyclic) bond motifs is 2. The fourth-order valence-electron chi connectivity index (χ4n) is 6.16. The van der Waals surface area contributed by atoms with Crippen molar-refractivity contribution in [1.82, 2.24) is 0 Å². The predicted molar refractivity (Wildman–Crippen MR) is 98.9 cm³/mol. The van der Waals surface area contributed by atoms with E-state index in [1.807, 2.05) is 0 Å². The van der Waals surface area contributed by atoms with Gasteiger partial charge in [0.15, 0.2) is 0 Å². The van der Waals surface area contributed by atoms with E-state index in [9.17, 15) is 4.79 Å². The molecule has 2 aliphatic carbocycles. The summed E-state index contributed by atoms with van der Waals surface area (Å²) < 4.78 is 5.89. The summed E-state index contributed by atoms with van der Waals surface area (Å²) in [6.45, 7) is 11.2. The van der Waals surface area contributed by atoms with Gasteiger partial charge in [-0.3, -0.25) is 4.79 Å². The maximum absolute atomic E-state index is 12.7. The highest BCUT2D eigenvalue weighted by atomic mass is 16.6. The third-order valence-electron chi connectivity index (χ3n) is 7.72. The van der Waals surface area contributed by atoms with Gasteiger partial charge in [0.1, 0.15) is 44.7 Å². The van der Waals surface area contributed by atoms with Gasteiger partial charge in [0, 0.05) is 5.92 Å². The maximum Gasteiger partial charge on any atom is 0.315 e. The van der Waals surface area contributed by atoms with Gasteiger partial charge in [0.2, 0.25) is 0 Å². The first-order chi connectivity index (χ1) is 12.5. The number of allylic oxidation sites excluding steroid dienone is 1. The number of carbonyl (C=O) groups is 1. The third-order valence-corrected chi connectivity index (χ3v) is 7.72. The molecule has 0 aromatic carbocycles. The normalized spacial score (nSPS) is 45.5. The van der Waals surface area contributed by atoms with Crippen molar-refractivity contribution >= 4 is 5.97 Å². The van der Waals surface area contributed by atoms with Crippen molar-refractivity contribution in [2.24, 2.45) is 23.2 Å². The summed E-state index contributed by atoms with van der Waals surface area (Å²) in [4.78, 5) is 15.7. The van der Waals surface area contributed by atoms with Crippen LogP contribution in [0.4, 0.5) is 0 Å². The van der Waals surface area contributed by atoms with E-state index in [0.717, 1.165) is 45.7 Å². The largest absolute Gasteiger partial charge is 0.461 e. The number of piperazine rings is 1. The first-order valence-corrected chi connectivity index (χ1v) is 10.7. The van der Waals surface area contributed by atoms with Crippen molar-refractivity contribution in [3.05, 3.63) is 11.6 Å². The van der Waals surface area contributed by atoms with Crippen LogP contribution in [0.5, 0.6) is 0 Å². The van der Waals surface area contributed by atoms with Gasteiger partial charge in [-0.15, -0.1) is 0 Å². The van der Waals surface area contributed by atoms with Crippen molar-refractivity contribution in [2.45, 2.75) is 45.6 Å². The molecule has 0 bridgehead atoms. The molecule has 5 nitrogen and oxygen atoms in total. The standard InChI is InChI=1S/C21H34N2O3/c1-15-4-3-5-21(2)13-19-16(12-18(15)21)17(20(25)26-19)14-23-8-6-22(7-9-23)10-11-24/h12,15-17,19,24H,3-11,13-14H2,1-2H3/p+2/t15-,16-,17+,19-,21-/m1/s1. The Hall–Kier alpha value is -0.910. The minimum Gasteiger partial charge on any atom is -0.461 e. The molecule has 0 radical (unpaired) electrons. The molecule has 4 aliphatic rings. The molecule has 0 aromatic rings. The Labute approximate surface area is 157 Å². The Morgan fingerprint density at radius 3 is 2.73 bits per heavy atom. The molecule has 2 heterocycles. The van der Waals surface area contributed by atoms with Gasteiger partial charge in [-0.25, -0.2) is 0 Å². The van der Waals surface area contributed by atoms with E-state index < -0.39 is 0 Å². The second-order valence-electron chi connectivity index (χ2n) is 9.52. The summed E-state index contributed by atoms with van der Waals surface area (Å²) in [6, 6.07) is 0. The number of esters is 1. The third kappa shape index (κ3) is 3.34. The van der Waals surface area contributed by atoms with Gasteiger partial charge < -0.3 is 19.6 Å². The van der Waals surface area contributed by atoms with Crippen LogP contribution < -0.4 is 9.80 Å². The smallest absolute Gasteiger partial charge is 0.315 e. The topological polar surface area (TPSA) is 55.4 Å². The second-order valence-corrected chi connectivity index (χ2v) is 9.52. The number of carbonyl (C=O) groups excluding carboxylic acids is 1. The van der Waals surface area contributed by atoms with Crippen LogP contribution in [-0.4, -0.2) is 63.1 Å². The van der Waals surface area contributed by atoms with Gasteiger partial charge >= 0.3 is 5.97 Å². The molecule has 0 spiro atoms. The number of ether oxygens (including phenoxy) is 1. The molecular formula is C21H36N2O3+2. The number of aliphatic hydroxyl groups is 1. The molecule has 0 unspecified atom stereocenters. The zero-order chi connectivity index (χ0) is 18.3. The van der Waals surface area contributed by atoms with E-state index in [1.165, 1.54) is 29.1 Å². The molecule has 146 valence electrons. The highest BCUT2D eigenvalue weighted by molar-refractivity contribution is 5.76. The molecule has 0 aromatic heterocycles. The van der Waals surface area contributed by atoms with Crippen LogP contribution in [0.15, 0.2) is 11.6 Å². The molecule has 5 atom stereocenters. The summed E-state index contributed by atoms with van der Waals surface area (Å²) in [5.41, 5.74) is 1.86. The average molecular weight is 365 g/mol. The van der Waals surface area contributed by atoms with E-state index >= 15 is 0 Å². The van der Waals surface area contributed by atoms with Crippen molar-refractivity contribution in [3.8, 4) is 0 Å². The summed E-state index contributed by atoms with van der Waals surface area (Å²) in [5, 5.41) is 9.12. The molecule has 0 amide bonds. The molecule has 26 heavy (non-hydrogen) atoms. The SMILES string of the molecule is C[C@@H]1CCC[C@]2(C)C[C@H]3OC(=O)[C@@H](C[NH+]4CC[NH+](CCO)CC4)[C@H]3C=C12. The van der Waals surface area contributed by atoms with Crippen LogP contribution in [0.3, 0.4) is 0 Å². The van der Waals surface area contributed by atoms with Gasteiger partial charge in [-0.1, -0.05) is 31.9 Å². The van der Waals surface area contributed by atoms with Crippen LogP contribution in [0.2, 0.25) is 0 Å². The Kier molecular flexibility index (Phi) is 5.15. The Balaban J connectivity index is 1.45. The molecule has 3 N–H and O–H groups in total. The Bertz CT molecular complexity index is 570. The van der Waals surface area contributed by atoms with E-state index in [1.54, 1.807) is 5.57 Å². The molecule has 3 fully saturated rings. The van der Waals surface area contributed by atoms with E-state index in [0.29, 0.717) is 11.8 Å². The molecule has 2 saturated heterocycles. The zero-order valence-corrected chi connectivity index (χ0v) is 16.4. The minimum absolute atomic E-state index is 0.0422. The number of nitrogens with one attached hydrogen (secondary N) is 2. The maximum atomic E-state index is 12.7. The van der Waals surface area contributed by atoms with Gasteiger partial charge in [0.25, 0.3) is 0 Å². The molecule has 5 heteroatoms. The van der Waals surface area contributed by atoms with Crippen LogP contribution in [-0.2, 0) is 9.53 Å². The highest BCUT2D eigenvalue weighted by Gasteiger charge is 2.52. The van der Waals surface area contributed by atoms with Gasteiger partial charge in [0.05, 0.1) is 13.2 Å². The minimum atomic E-state index is 0.0422. The van der Waals surface area contributed by atoms with E-state index in [4.69, 9.17) is 9.84 Å². The van der Waals surface area contributed by atoms with Crippen LogP contribution in [0, 0.1) is 23.2 Å². The van der Waals surface area contributed by atoms with E-state index in [-0.39, 0.29) is 30.0 Å². The van der Waals surface area contributed by atoms with Crippen LogP contribution in [0.25, 0.3) is 0 Å². The summed E-state index contributed by atoms with van der Waals surface area (Å²) >= 11 is 0. The fourth-order valence-corrected chi connectivity index (χ4v) is 6.16. The Morgan fingerprint density at radius 1 is 1.27 bits per heavy atom. The van der Waals surface area contributed by atoms with Crippen molar-refractivity contribution in [2.75, 3.05) is 45.9 Å². The van der Waals surface area contributed by atoms with Gasteiger partial charge in [-0.05, 0) is 30.6 Å². The number of aliphatic hydroxyl groups excluding tert-OH is 1. The van der Waals surface area contributed by atoms with Crippen molar-refractivity contribution in [1.29, 1.82) is 0 Å². The van der Waals surface area contributed by atoms with Gasteiger partial charge in [-0.2, -0.15) is 0 Å². The second kappa shape index (κ2) is 7.25. The lowest BCUT2D eigenvalue weighted by Gasteiger charge is -2.46. The van der Waals surface area contributed by atoms with Crippen LogP contribution in [0.1, 0.15) is 39.5 Å². The first-order valence-electron chi connectivity index (χ1n) is 10.7. The lowest BCUT2D eigenvalue weighted by atomic mass is 9.59. The molecule has 2 aliphatic heterocycles. The highest BCUT2D eigenvalue weighted by Crippen LogP contribution is 2.53. The summed E-state index contributed by atoms with van der Waals surface area (Å²) in [5.74, 6) is 1.04. The monoisotopic (exact) mass is 364 g/mol. The Morgan fingerprint density at radius 2 is 2.00 bits per heavy atom. The first kappa shape index (κ1) is 18.5. The molecule has 4 rings (SSSR count). The van der Waals surface area contributed by atoms with Crippen molar-refractivity contribution in [3.63, 3.8) is 0 Å².